The van der Waals surface area contributed by atoms with E-state index in [2.05, 4.69) is 0 Å². The van der Waals surface area contributed by atoms with Gasteiger partial charge in [0.2, 0.25) is 0 Å². The predicted octanol–water partition coefficient (Wildman–Crippen LogP) is -1.15. The van der Waals surface area contributed by atoms with Crippen LogP contribution in [0.4, 0.5) is 5.69 Å². The molecule has 0 bridgehead atoms. The molecule has 1 aromatic rings. The van der Waals surface area contributed by atoms with E-state index in [1.807, 2.05) is 0 Å². The van der Waals surface area contributed by atoms with Crippen LogP contribution in [-0.2, 0) is 3.74 Å². The molecule has 0 atom stereocenters. The topological polar surface area (TPSA) is 138 Å². The second kappa shape index (κ2) is 4.09. The van der Waals surface area contributed by atoms with Crippen LogP contribution in [0.5, 0.6) is 0 Å². The maximum absolute atomic E-state index is 10.9. The average molecular weight is 291 g/mol. The molecule has 0 spiro atoms. The first-order chi connectivity index (χ1) is 7.23. The van der Waals surface area contributed by atoms with Gasteiger partial charge in [0.1, 0.15) is 0 Å². The van der Waals surface area contributed by atoms with E-state index in [1.165, 1.54) is 0 Å². The van der Waals surface area contributed by atoms with Crippen molar-refractivity contribution in [2.24, 2.45) is 0 Å². The third-order valence-electron chi connectivity index (χ3n) is 1.74. The fourth-order valence-electron chi connectivity index (χ4n) is 1.03. The summed E-state index contributed by atoms with van der Waals surface area (Å²) < 4.78 is 28.0. The van der Waals surface area contributed by atoms with Crippen LogP contribution in [0.2, 0.25) is 0 Å². The molecule has 9 heteroatoms. The fraction of sp³-hybridized carbons (Fsp3) is 0. The maximum atomic E-state index is 10.9. The molecule has 0 fully saturated rings. The van der Waals surface area contributed by atoms with Crippen LogP contribution in [0.15, 0.2) is 18.2 Å². The summed E-state index contributed by atoms with van der Waals surface area (Å²) in [5, 5.41) is 19.1. The van der Waals surface area contributed by atoms with Gasteiger partial charge in [0.15, 0.2) is 0 Å². The Balaban J connectivity index is 3.46. The molecular weight excluding hydrogens is 285 g/mol. The monoisotopic (exact) mass is 291 g/mol. The van der Waals surface area contributed by atoms with E-state index in [0.717, 1.165) is 12.1 Å². The Morgan fingerprint density at radius 3 is 2.31 bits per heavy atom. The van der Waals surface area contributed by atoms with Crippen LogP contribution in [0.25, 0.3) is 0 Å². The van der Waals surface area contributed by atoms with Gasteiger partial charge in [0, 0.05) is 0 Å². The zero-order chi connectivity index (χ0) is 12.5. The van der Waals surface area contributed by atoms with Crippen LogP contribution in [0, 0.1) is 10.1 Å². The van der Waals surface area contributed by atoms with E-state index >= 15 is 0 Å². The minimum absolute atomic E-state index is 0.533. The van der Waals surface area contributed by atoms with Gasteiger partial charge in [0.25, 0.3) is 0 Å². The van der Waals surface area contributed by atoms with Crippen molar-refractivity contribution >= 4 is 30.2 Å². The van der Waals surface area contributed by atoms with Gasteiger partial charge in [-0.1, -0.05) is 0 Å². The molecular formula is C7H6AsNO7. The normalized spacial score (nSPS) is 11.1. The molecule has 1 rings (SSSR count). The summed E-state index contributed by atoms with van der Waals surface area (Å²) in [5.74, 6) is -1.53. The van der Waals surface area contributed by atoms with E-state index in [4.69, 9.17) is 13.3 Å². The van der Waals surface area contributed by atoms with Crippen molar-refractivity contribution < 1.29 is 26.8 Å². The number of nitrogens with zero attached hydrogens (tertiary/aromatic N) is 1. The van der Waals surface area contributed by atoms with E-state index < -0.39 is 40.7 Å². The molecule has 0 aliphatic rings. The summed E-state index contributed by atoms with van der Waals surface area (Å²) in [6.45, 7) is 0. The number of nitro groups is 1. The number of carboxylic acids is 1. The number of benzene rings is 1. The van der Waals surface area contributed by atoms with Crippen LogP contribution in [0.1, 0.15) is 10.4 Å². The summed E-state index contributed by atoms with van der Waals surface area (Å²) in [5.41, 5.74) is -1.45. The van der Waals surface area contributed by atoms with Crippen molar-refractivity contribution in [3.8, 4) is 0 Å². The van der Waals surface area contributed by atoms with Crippen molar-refractivity contribution in [1.29, 1.82) is 0 Å². The third-order valence-corrected chi connectivity index (χ3v) is 3.74. The standard InChI is InChI=1S/C7H6AsNO7/c10-7(11)5-2-1-4(8(12,13)14)3-6(5)9(15)16/h1-3H,(H,10,11)(H2,12,13,14). The molecule has 0 saturated heterocycles. The second-order valence-corrected chi connectivity index (χ2v) is 6.17. The molecule has 0 amide bonds. The summed E-state index contributed by atoms with van der Waals surface area (Å²) in [7, 11) is 0. The van der Waals surface area contributed by atoms with Gasteiger partial charge >= 0.3 is 90.8 Å². The van der Waals surface area contributed by atoms with Gasteiger partial charge in [-0.2, -0.15) is 0 Å². The summed E-state index contributed by atoms with van der Waals surface area (Å²) in [6.07, 6.45) is 0. The number of hydrogen-bond acceptors (Lipinski definition) is 4. The van der Waals surface area contributed by atoms with Crippen molar-refractivity contribution in [2.45, 2.75) is 0 Å². The van der Waals surface area contributed by atoms with E-state index in [-0.39, 0.29) is 0 Å². The van der Waals surface area contributed by atoms with Gasteiger partial charge in [-0.25, -0.2) is 0 Å². The van der Waals surface area contributed by atoms with Crippen LogP contribution in [0.3, 0.4) is 0 Å². The van der Waals surface area contributed by atoms with Crippen molar-refractivity contribution in [3.05, 3.63) is 33.9 Å². The number of carbonyl (C=O) groups is 1. The molecule has 1 aromatic carbocycles. The molecule has 16 heavy (non-hydrogen) atoms. The second-order valence-electron chi connectivity index (χ2n) is 2.81. The van der Waals surface area contributed by atoms with Crippen LogP contribution < -0.4 is 4.35 Å². The zero-order valence-corrected chi connectivity index (χ0v) is 9.48. The van der Waals surface area contributed by atoms with Gasteiger partial charge in [-0.15, -0.1) is 0 Å². The van der Waals surface area contributed by atoms with E-state index in [1.54, 1.807) is 0 Å². The Hall–Kier alpha value is -1.63. The van der Waals surface area contributed by atoms with Gasteiger partial charge in [0.05, 0.1) is 0 Å². The van der Waals surface area contributed by atoms with E-state index in [9.17, 15) is 18.6 Å². The Kier molecular flexibility index (Phi) is 3.18. The van der Waals surface area contributed by atoms with Gasteiger partial charge in [-0.3, -0.25) is 0 Å². The first kappa shape index (κ1) is 12.4. The van der Waals surface area contributed by atoms with Crippen LogP contribution in [-0.4, -0.2) is 38.4 Å². The fourth-order valence-corrected chi connectivity index (χ4v) is 2.21. The van der Waals surface area contributed by atoms with Crippen molar-refractivity contribution in [1.82, 2.24) is 0 Å². The van der Waals surface area contributed by atoms with Crippen molar-refractivity contribution in [2.75, 3.05) is 0 Å². The van der Waals surface area contributed by atoms with Crippen molar-refractivity contribution in [3.63, 3.8) is 0 Å². The first-order valence-corrected chi connectivity index (χ1v) is 7.19. The number of rotatable bonds is 3. The molecule has 0 unspecified atom stereocenters. The summed E-state index contributed by atoms with van der Waals surface area (Å²) >= 11 is -5.25. The molecule has 0 radical (unpaired) electrons. The molecule has 0 aromatic heterocycles. The zero-order valence-electron chi connectivity index (χ0n) is 7.60. The molecule has 86 valence electrons. The Morgan fingerprint density at radius 2 is 1.94 bits per heavy atom. The number of carboxylic acid groups (broad SMARTS) is 1. The first-order valence-electron chi connectivity index (χ1n) is 3.81. The molecule has 8 nitrogen and oxygen atoms in total. The average Bonchev–Trinajstić information content (AvgIpc) is 2.15. The minimum atomic E-state index is -5.25. The van der Waals surface area contributed by atoms with Gasteiger partial charge in [-0.05, 0) is 0 Å². The van der Waals surface area contributed by atoms with Crippen LogP contribution >= 0.6 is 0 Å². The number of nitro benzene ring substituents is 1. The molecule has 0 heterocycles. The number of hydrogen-bond donors (Lipinski definition) is 3. The Labute approximate surface area is 91.3 Å². The van der Waals surface area contributed by atoms with Gasteiger partial charge < -0.3 is 0 Å². The number of aromatic carboxylic acids is 1. The predicted molar refractivity (Wildman–Crippen MR) is 50.6 cm³/mol. The molecule has 0 aliphatic carbocycles. The molecule has 0 aliphatic heterocycles. The third kappa shape index (κ3) is 2.48. The Morgan fingerprint density at radius 1 is 1.38 bits per heavy atom. The summed E-state index contributed by atoms with van der Waals surface area (Å²) in [6, 6.07) is 2.26. The quantitative estimate of drug-likeness (QED) is 0.363. The molecule has 3 N–H and O–H groups in total. The molecule has 0 saturated carbocycles. The van der Waals surface area contributed by atoms with E-state index in [0.29, 0.717) is 6.07 Å². The SMILES string of the molecule is O=C(O)c1ccc([As](=O)(O)O)cc1[N+](=O)[O-]. The summed E-state index contributed by atoms with van der Waals surface area (Å²) in [4.78, 5) is 20.1. The Bertz CT molecular complexity index is 505.